The molecule has 0 amide bonds. The van der Waals surface area contributed by atoms with E-state index >= 15 is 0 Å². The van der Waals surface area contributed by atoms with Crippen LogP contribution in [0.25, 0.3) is 0 Å². The Balaban J connectivity index is 2.58. The van der Waals surface area contributed by atoms with Crippen molar-refractivity contribution in [1.29, 1.82) is 0 Å². The van der Waals surface area contributed by atoms with Gasteiger partial charge in [0.1, 0.15) is 0 Å². The van der Waals surface area contributed by atoms with Crippen LogP contribution in [-0.2, 0) is 15.5 Å². The number of hydrogen-bond donors (Lipinski definition) is 2. The van der Waals surface area contributed by atoms with Crippen LogP contribution in [0.5, 0.6) is 0 Å². The summed E-state index contributed by atoms with van der Waals surface area (Å²) in [6.45, 7) is 3.99. The summed E-state index contributed by atoms with van der Waals surface area (Å²) in [7, 11) is 0. The minimum Gasteiger partial charge on any atom is -0.364 e. The summed E-state index contributed by atoms with van der Waals surface area (Å²) >= 11 is -2.38. The van der Waals surface area contributed by atoms with Gasteiger partial charge in [-0.3, -0.25) is 4.55 Å². The molecule has 0 heterocycles. The van der Waals surface area contributed by atoms with E-state index in [2.05, 4.69) is 4.18 Å². The molecule has 72 valence electrons. The highest BCUT2D eigenvalue weighted by atomic mass is 32.2. The Labute approximate surface area is 74.4 Å². The molecule has 12 heavy (non-hydrogen) atoms. The van der Waals surface area contributed by atoms with Crippen molar-refractivity contribution in [3.8, 4) is 0 Å². The van der Waals surface area contributed by atoms with Crippen LogP contribution >= 0.6 is 0 Å². The van der Waals surface area contributed by atoms with Gasteiger partial charge < -0.3 is 5.11 Å². The Bertz CT molecular complexity index is 204. The highest BCUT2D eigenvalue weighted by Gasteiger charge is 2.44. The lowest BCUT2D eigenvalue weighted by atomic mass is 9.92. The van der Waals surface area contributed by atoms with Crippen LogP contribution in [0, 0.1) is 5.41 Å². The van der Waals surface area contributed by atoms with Crippen molar-refractivity contribution < 1.29 is 18.1 Å². The van der Waals surface area contributed by atoms with E-state index in [0.717, 1.165) is 6.42 Å². The third-order valence-corrected chi connectivity index (χ3v) is 2.63. The van der Waals surface area contributed by atoms with Gasteiger partial charge in [0.15, 0.2) is 5.79 Å². The molecular formula is C7H14O4S. The molecule has 0 bridgehead atoms. The molecule has 1 rings (SSSR count). The molecule has 0 saturated heterocycles. The van der Waals surface area contributed by atoms with Crippen molar-refractivity contribution in [2.45, 2.75) is 38.9 Å². The molecule has 0 aromatic heterocycles. The molecular weight excluding hydrogens is 180 g/mol. The van der Waals surface area contributed by atoms with Gasteiger partial charge in [-0.15, -0.1) is 0 Å². The minimum atomic E-state index is -2.38. The Morgan fingerprint density at radius 2 is 2.00 bits per heavy atom. The van der Waals surface area contributed by atoms with E-state index in [-0.39, 0.29) is 5.41 Å². The maximum absolute atomic E-state index is 10.3. The Morgan fingerprint density at radius 3 is 2.33 bits per heavy atom. The van der Waals surface area contributed by atoms with E-state index in [1.165, 1.54) is 0 Å². The van der Waals surface area contributed by atoms with Gasteiger partial charge in [-0.25, -0.2) is 4.18 Å². The van der Waals surface area contributed by atoms with Crippen LogP contribution in [0.3, 0.4) is 0 Å². The average Bonchev–Trinajstić information content (AvgIpc) is 2.03. The topological polar surface area (TPSA) is 66.8 Å². The van der Waals surface area contributed by atoms with Crippen LogP contribution in [0.4, 0.5) is 0 Å². The molecule has 2 unspecified atom stereocenters. The summed E-state index contributed by atoms with van der Waals surface area (Å²) in [5, 5.41) is 9.62. The summed E-state index contributed by atoms with van der Waals surface area (Å²) in [4.78, 5) is 0. The molecule has 0 aliphatic heterocycles. The SMILES string of the molecule is CC1(C)CCC(O)(OS(=O)O)C1. The van der Waals surface area contributed by atoms with Crippen molar-refractivity contribution in [1.82, 2.24) is 0 Å². The van der Waals surface area contributed by atoms with E-state index in [0.29, 0.717) is 12.8 Å². The normalized spacial score (nSPS) is 36.7. The monoisotopic (exact) mass is 194 g/mol. The van der Waals surface area contributed by atoms with Crippen LogP contribution in [0.2, 0.25) is 0 Å². The quantitative estimate of drug-likeness (QED) is 0.509. The average molecular weight is 194 g/mol. The van der Waals surface area contributed by atoms with Crippen molar-refractivity contribution in [2.24, 2.45) is 5.41 Å². The summed E-state index contributed by atoms with van der Waals surface area (Å²) in [5.41, 5.74) is -0.00583. The van der Waals surface area contributed by atoms with Gasteiger partial charge in [-0.05, 0) is 11.8 Å². The molecule has 1 aliphatic rings. The molecule has 2 N–H and O–H groups in total. The standard InChI is InChI=1S/C7H14O4S/c1-6(2)3-4-7(8,5-6)11-12(9)10/h8H,3-5H2,1-2H3,(H,9,10). The smallest absolute Gasteiger partial charge is 0.304 e. The van der Waals surface area contributed by atoms with Gasteiger partial charge in [0, 0.05) is 12.8 Å². The minimum absolute atomic E-state index is 0.00583. The second kappa shape index (κ2) is 3.06. The fourth-order valence-electron chi connectivity index (χ4n) is 1.66. The molecule has 2 atom stereocenters. The first kappa shape index (κ1) is 10.1. The van der Waals surface area contributed by atoms with Gasteiger partial charge in [0.25, 0.3) is 0 Å². The summed E-state index contributed by atoms with van der Waals surface area (Å²) in [6.07, 6.45) is 1.64. The van der Waals surface area contributed by atoms with Gasteiger partial charge in [-0.1, -0.05) is 13.8 Å². The third-order valence-electron chi connectivity index (χ3n) is 2.17. The first-order chi connectivity index (χ1) is 5.33. The predicted molar refractivity (Wildman–Crippen MR) is 44.4 cm³/mol. The molecule has 0 radical (unpaired) electrons. The van der Waals surface area contributed by atoms with Gasteiger partial charge in [0.2, 0.25) is 0 Å². The van der Waals surface area contributed by atoms with Gasteiger partial charge in [-0.2, -0.15) is 4.21 Å². The van der Waals surface area contributed by atoms with Crippen molar-refractivity contribution in [3.05, 3.63) is 0 Å². The van der Waals surface area contributed by atoms with Crippen molar-refractivity contribution >= 4 is 11.4 Å². The fourth-order valence-corrected chi connectivity index (χ4v) is 2.07. The van der Waals surface area contributed by atoms with Crippen LogP contribution < -0.4 is 0 Å². The first-order valence-electron chi connectivity index (χ1n) is 3.86. The van der Waals surface area contributed by atoms with E-state index in [1.807, 2.05) is 13.8 Å². The lowest BCUT2D eigenvalue weighted by Crippen LogP contribution is -2.30. The Kier molecular flexibility index (Phi) is 2.58. The Hall–Kier alpha value is 0.0300. The zero-order valence-electron chi connectivity index (χ0n) is 7.24. The second-order valence-electron chi connectivity index (χ2n) is 4.09. The zero-order chi connectivity index (χ0) is 9.41. The molecule has 1 aliphatic carbocycles. The molecule has 4 nitrogen and oxygen atoms in total. The number of aliphatic hydroxyl groups is 1. The molecule has 1 fully saturated rings. The van der Waals surface area contributed by atoms with E-state index in [9.17, 15) is 9.32 Å². The molecule has 0 spiro atoms. The van der Waals surface area contributed by atoms with Crippen molar-refractivity contribution in [2.75, 3.05) is 0 Å². The number of rotatable bonds is 2. The summed E-state index contributed by atoms with van der Waals surface area (Å²) in [5.74, 6) is -1.40. The van der Waals surface area contributed by atoms with Crippen LogP contribution in [0.1, 0.15) is 33.1 Å². The largest absolute Gasteiger partial charge is 0.364 e. The first-order valence-corrected chi connectivity index (χ1v) is 4.89. The van der Waals surface area contributed by atoms with E-state index < -0.39 is 17.1 Å². The van der Waals surface area contributed by atoms with E-state index in [1.54, 1.807) is 0 Å². The highest BCUT2D eigenvalue weighted by molar-refractivity contribution is 7.74. The molecule has 1 saturated carbocycles. The third kappa shape index (κ3) is 2.52. The van der Waals surface area contributed by atoms with E-state index in [4.69, 9.17) is 4.55 Å². The van der Waals surface area contributed by atoms with Gasteiger partial charge >= 0.3 is 11.4 Å². The Morgan fingerprint density at radius 1 is 1.42 bits per heavy atom. The van der Waals surface area contributed by atoms with Gasteiger partial charge in [0.05, 0.1) is 0 Å². The fraction of sp³-hybridized carbons (Fsp3) is 1.00. The number of hydrogen-bond acceptors (Lipinski definition) is 3. The molecule has 5 heteroatoms. The maximum Gasteiger partial charge on any atom is 0.304 e. The summed E-state index contributed by atoms with van der Waals surface area (Å²) < 4.78 is 23.3. The second-order valence-corrected chi connectivity index (χ2v) is 4.69. The zero-order valence-corrected chi connectivity index (χ0v) is 8.06. The molecule has 0 aromatic carbocycles. The summed E-state index contributed by atoms with van der Waals surface area (Å²) in [6, 6.07) is 0. The van der Waals surface area contributed by atoms with Crippen LogP contribution in [-0.4, -0.2) is 19.7 Å². The van der Waals surface area contributed by atoms with Crippen molar-refractivity contribution in [3.63, 3.8) is 0 Å². The lowest BCUT2D eigenvalue weighted by Gasteiger charge is -2.22. The molecule has 0 aromatic rings. The van der Waals surface area contributed by atoms with Crippen LogP contribution in [0.15, 0.2) is 0 Å². The lowest BCUT2D eigenvalue weighted by molar-refractivity contribution is -0.132. The highest BCUT2D eigenvalue weighted by Crippen LogP contribution is 2.44. The predicted octanol–water partition coefficient (Wildman–Crippen LogP) is 1.04. The maximum atomic E-state index is 10.3.